The van der Waals surface area contributed by atoms with E-state index >= 15 is 0 Å². The number of anilines is 2. The number of aliphatic hydroxyl groups excluding tert-OH is 1. The van der Waals surface area contributed by atoms with E-state index in [1.165, 1.54) is 30.0 Å². The first kappa shape index (κ1) is 27.8. The van der Waals surface area contributed by atoms with Gasteiger partial charge in [-0.05, 0) is 56.0 Å². The van der Waals surface area contributed by atoms with Gasteiger partial charge >= 0.3 is 12.3 Å². The summed E-state index contributed by atoms with van der Waals surface area (Å²) in [7, 11) is 0. The number of halogens is 4. The highest BCUT2D eigenvalue weighted by atomic mass is 19.4. The number of likely N-dealkylation sites (tertiary alicyclic amines) is 1. The monoisotopic (exact) mass is 553 g/mol. The number of alkyl halides is 3. The lowest BCUT2D eigenvalue weighted by Gasteiger charge is -2.27. The number of aromatic carboxylic acids is 1. The van der Waals surface area contributed by atoms with Crippen LogP contribution >= 0.6 is 0 Å². The molecule has 1 heterocycles. The smallest absolute Gasteiger partial charge is 0.478 e. The van der Waals surface area contributed by atoms with Crippen molar-refractivity contribution in [2.75, 3.05) is 17.2 Å². The van der Waals surface area contributed by atoms with Crippen LogP contribution < -0.4 is 20.8 Å². The van der Waals surface area contributed by atoms with Crippen LogP contribution in [0.1, 0.15) is 35.7 Å². The standard InChI is InChI=1S/C25H24F4N4O6/c1-11(34)22(30)14-6-5-12(24(37)38)7-16(14)31-10-20(35)33-17-8-13(17)9-18(33)23(36)32-15-3-2-4-19(21(15)26)39-25(27,28)29/h2-7,11,13,17-18,30-31,34H,8-10H2,1H3,(H,32,36)(H,37,38)/p+1/t11?,13-,17-,18?/m1/s1. The predicted octanol–water partition coefficient (Wildman–Crippen LogP) is 1.39. The summed E-state index contributed by atoms with van der Waals surface area (Å²) >= 11 is 0. The van der Waals surface area contributed by atoms with Gasteiger partial charge in [0.2, 0.25) is 17.5 Å². The van der Waals surface area contributed by atoms with Crippen LogP contribution in [0.15, 0.2) is 36.4 Å². The number of amides is 2. The minimum absolute atomic E-state index is 0.0413. The number of hydrogen-bond acceptors (Lipinski definition) is 6. The molecule has 4 atom stereocenters. The van der Waals surface area contributed by atoms with Crippen LogP contribution in [0.4, 0.5) is 28.9 Å². The van der Waals surface area contributed by atoms with E-state index in [4.69, 9.17) is 5.41 Å². The Labute approximate surface area is 219 Å². The number of piperidine rings is 1. The highest BCUT2D eigenvalue weighted by Crippen LogP contribution is 2.48. The molecule has 2 unspecified atom stereocenters. The number of fused-ring (bicyclic) bond motifs is 1. The van der Waals surface area contributed by atoms with Gasteiger partial charge in [-0.2, -0.15) is 0 Å². The molecule has 4 rings (SSSR count). The zero-order valence-electron chi connectivity index (χ0n) is 20.5. The number of carboxylic acid groups (broad SMARTS) is 1. The molecule has 39 heavy (non-hydrogen) atoms. The number of nitrogens with one attached hydrogen (secondary N) is 2. The zero-order valence-corrected chi connectivity index (χ0v) is 20.5. The average molecular weight is 553 g/mol. The van der Waals surface area contributed by atoms with E-state index in [0.29, 0.717) is 12.0 Å². The Kier molecular flexibility index (Phi) is 7.50. The lowest BCUT2D eigenvalue weighted by molar-refractivity contribution is -0.275. The van der Waals surface area contributed by atoms with Crippen molar-refractivity contribution in [2.24, 2.45) is 5.92 Å². The van der Waals surface area contributed by atoms with Crippen LogP contribution in [0.5, 0.6) is 5.75 Å². The van der Waals surface area contributed by atoms with Gasteiger partial charge < -0.3 is 30.5 Å². The topological polar surface area (TPSA) is 154 Å². The molecule has 0 radical (unpaired) electrons. The van der Waals surface area contributed by atoms with Crippen molar-refractivity contribution >= 4 is 34.9 Å². The van der Waals surface area contributed by atoms with E-state index in [2.05, 4.69) is 15.4 Å². The molecule has 0 bridgehead atoms. The van der Waals surface area contributed by atoms with E-state index in [0.717, 1.165) is 18.2 Å². The Morgan fingerprint density at radius 3 is 2.54 bits per heavy atom. The zero-order chi connectivity index (χ0) is 28.6. The van der Waals surface area contributed by atoms with Crippen molar-refractivity contribution < 1.29 is 52.3 Å². The van der Waals surface area contributed by atoms with Crippen molar-refractivity contribution in [3.8, 4) is 5.75 Å². The third-order valence-corrected chi connectivity index (χ3v) is 6.60. The van der Waals surface area contributed by atoms with Crippen LogP contribution in [0, 0.1) is 11.7 Å². The van der Waals surface area contributed by atoms with Crippen molar-refractivity contribution in [3.63, 3.8) is 0 Å². The first-order chi connectivity index (χ1) is 18.3. The Hall–Kier alpha value is -4.20. The van der Waals surface area contributed by atoms with Crippen LogP contribution in [0.3, 0.4) is 0 Å². The fraction of sp³-hybridized carbons (Fsp3) is 0.360. The van der Waals surface area contributed by atoms with Crippen LogP contribution in [-0.2, 0) is 9.59 Å². The minimum atomic E-state index is -5.13. The molecule has 1 saturated heterocycles. The molecule has 6 N–H and O–H groups in total. The second-order valence-corrected chi connectivity index (χ2v) is 9.32. The van der Waals surface area contributed by atoms with Gasteiger partial charge in [0, 0.05) is 11.7 Å². The summed E-state index contributed by atoms with van der Waals surface area (Å²) in [4.78, 5) is 38.9. The van der Waals surface area contributed by atoms with Crippen LogP contribution in [0.25, 0.3) is 0 Å². The molecule has 2 aromatic rings. The molecule has 1 aliphatic heterocycles. The maximum atomic E-state index is 14.5. The number of carbonyl (C=O) groups excluding carboxylic acids is 2. The summed E-state index contributed by atoms with van der Waals surface area (Å²) in [5, 5.41) is 30.2. The molecule has 2 fully saturated rings. The maximum absolute atomic E-state index is 14.5. The number of nitrogens with zero attached hydrogens (tertiary/aromatic N) is 1. The molecule has 1 aliphatic carbocycles. The number of aliphatic hydroxyl groups is 1. The summed E-state index contributed by atoms with van der Waals surface area (Å²) in [6.07, 6.45) is -5.25. The Balaban J connectivity index is 1.49. The molecular weight excluding hydrogens is 528 g/mol. The minimum Gasteiger partial charge on any atom is -0.478 e. The number of nitrogens with two attached hydrogens (primary N) is 1. The molecule has 208 valence electrons. The maximum Gasteiger partial charge on any atom is 0.573 e. The summed E-state index contributed by atoms with van der Waals surface area (Å²) in [6, 6.07) is 5.62. The molecule has 2 aliphatic rings. The van der Waals surface area contributed by atoms with Crippen molar-refractivity contribution in [2.45, 2.75) is 44.3 Å². The predicted molar refractivity (Wildman–Crippen MR) is 128 cm³/mol. The number of carboxylic acids is 1. The summed E-state index contributed by atoms with van der Waals surface area (Å²) in [5.41, 5.74) is -0.114. The van der Waals surface area contributed by atoms with E-state index in [-0.39, 0.29) is 41.9 Å². The molecular formula is C25H25F4N4O6+. The van der Waals surface area contributed by atoms with Crippen molar-refractivity contribution in [1.82, 2.24) is 4.90 Å². The van der Waals surface area contributed by atoms with Crippen molar-refractivity contribution in [3.05, 3.63) is 53.3 Å². The van der Waals surface area contributed by atoms with Crippen LogP contribution in [-0.4, -0.2) is 69.7 Å². The largest absolute Gasteiger partial charge is 0.573 e. The van der Waals surface area contributed by atoms with Gasteiger partial charge in [-0.3, -0.25) is 15.0 Å². The average Bonchev–Trinajstić information content (AvgIpc) is 3.52. The lowest BCUT2D eigenvalue weighted by Crippen LogP contribution is -2.48. The van der Waals surface area contributed by atoms with Gasteiger partial charge in [0.15, 0.2) is 11.6 Å². The Bertz CT molecular complexity index is 1330. The van der Waals surface area contributed by atoms with Gasteiger partial charge in [0.1, 0.15) is 12.1 Å². The number of hydrogen-bond donors (Lipinski definition) is 5. The number of benzene rings is 2. The highest BCUT2D eigenvalue weighted by Gasteiger charge is 2.56. The van der Waals surface area contributed by atoms with E-state index in [9.17, 15) is 42.2 Å². The number of ether oxygens (including phenoxy) is 1. The van der Waals surface area contributed by atoms with E-state index in [1.54, 1.807) is 0 Å². The molecule has 14 heteroatoms. The van der Waals surface area contributed by atoms with E-state index in [1.807, 2.05) is 0 Å². The fourth-order valence-electron chi connectivity index (χ4n) is 4.64. The molecule has 2 amide bonds. The summed E-state index contributed by atoms with van der Waals surface area (Å²) < 4.78 is 55.8. The fourth-order valence-corrected chi connectivity index (χ4v) is 4.64. The van der Waals surface area contributed by atoms with Gasteiger partial charge in [-0.15, -0.1) is 13.2 Å². The normalized spacial score (nSPS) is 20.6. The Morgan fingerprint density at radius 1 is 1.18 bits per heavy atom. The second kappa shape index (κ2) is 10.5. The number of rotatable bonds is 9. The first-order valence-electron chi connectivity index (χ1n) is 11.8. The lowest BCUT2D eigenvalue weighted by atomic mass is 10.0. The van der Waals surface area contributed by atoms with Crippen LogP contribution in [0.2, 0.25) is 0 Å². The van der Waals surface area contributed by atoms with Gasteiger partial charge in [-0.25, -0.2) is 9.18 Å². The van der Waals surface area contributed by atoms with Gasteiger partial charge in [0.25, 0.3) is 0 Å². The first-order valence-corrected chi connectivity index (χ1v) is 11.8. The Morgan fingerprint density at radius 2 is 1.90 bits per heavy atom. The van der Waals surface area contributed by atoms with Gasteiger partial charge in [0.05, 0.1) is 23.4 Å². The van der Waals surface area contributed by atoms with E-state index < -0.39 is 53.5 Å². The summed E-state index contributed by atoms with van der Waals surface area (Å²) in [6.45, 7) is 1.06. The molecule has 2 aromatic carbocycles. The van der Waals surface area contributed by atoms with Gasteiger partial charge in [-0.1, -0.05) is 6.07 Å². The highest BCUT2D eigenvalue weighted by molar-refractivity contribution is 6.05. The summed E-state index contributed by atoms with van der Waals surface area (Å²) in [5.74, 6) is -5.00. The quantitative estimate of drug-likeness (QED) is 0.232. The molecule has 1 saturated carbocycles. The SMILES string of the molecule is CC(O)C(=[NH2+])c1ccc(C(=O)O)cc1NCC(=O)N1C(C(=O)Nc2cccc(OC(F)(F)F)c2F)C[C@H]2C[C@H]21. The molecule has 0 spiro atoms. The third-order valence-electron chi connectivity index (χ3n) is 6.60. The second-order valence-electron chi connectivity index (χ2n) is 9.32. The van der Waals surface area contributed by atoms with Crippen molar-refractivity contribution in [1.29, 1.82) is 0 Å². The number of carbonyl (C=O) groups is 3. The molecule has 10 nitrogen and oxygen atoms in total. The third kappa shape index (κ3) is 6.11. The molecule has 0 aromatic heterocycles.